The molecule has 0 radical (unpaired) electrons. The number of hydrogen-bond acceptors (Lipinski definition) is 5. The standard InChI is InChI=1S/C18H14F2N4O3/c1-2-26-14-8-7-13-15-21-9-10-23(15)18(25)24(16(13)22-14)11-3-5-12(6-4-11)27-17(19)20/h3-10,17H,2H2,1H3. The Morgan fingerprint density at radius 2 is 1.89 bits per heavy atom. The summed E-state index contributed by atoms with van der Waals surface area (Å²) >= 11 is 0. The van der Waals surface area contributed by atoms with Crippen molar-refractivity contribution in [3.63, 3.8) is 0 Å². The maximum absolute atomic E-state index is 13.0. The van der Waals surface area contributed by atoms with E-state index in [1.165, 1.54) is 39.4 Å². The number of fused-ring (bicyclic) bond motifs is 3. The van der Waals surface area contributed by atoms with E-state index in [1.54, 1.807) is 18.3 Å². The molecular weight excluding hydrogens is 358 g/mol. The molecule has 0 unspecified atom stereocenters. The molecule has 0 N–H and O–H groups in total. The second-order valence-corrected chi connectivity index (χ2v) is 5.56. The van der Waals surface area contributed by atoms with E-state index in [0.717, 1.165) is 0 Å². The minimum Gasteiger partial charge on any atom is -0.478 e. The highest BCUT2D eigenvalue weighted by Gasteiger charge is 2.15. The van der Waals surface area contributed by atoms with Crippen LogP contribution < -0.4 is 15.2 Å². The molecule has 0 amide bonds. The van der Waals surface area contributed by atoms with Crippen LogP contribution in [0.15, 0.2) is 53.6 Å². The molecule has 0 atom stereocenters. The summed E-state index contributed by atoms with van der Waals surface area (Å²) in [6.07, 6.45) is 3.08. The van der Waals surface area contributed by atoms with Crippen LogP contribution in [-0.2, 0) is 0 Å². The molecule has 27 heavy (non-hydrogen) atoms. The first-order valence-corrected chi connectivity index (χ1v) is 8.15. The molecule has 4 aromatic rings. The van der Waals surface area contributed by atoms with Crippen molar-refractivity contribution in [2.75, 3.05) is 6.61 Å². The van der Waals surface area contributed by atoms with E-state index in [9.17, 15) is 13.6 Å². The van der Waals surface area contributed by atoms with E-state index in [4.69, 9.17) is 4.74 Å². The number of benzene rings is 1. The molecule has 7 nitrogen and oxygen atoms in total. The second kappa shape index (κ2) is 6.67. The first-order chi connectivity index (χ1) is 13.1. The quantitative estimate of drug-likeness (QED) is 0.539. The molecule has 0 bridgehead atoms. The van der Waals surface area contributed by atoms with Gasteiger partial charge in [0.1, 0.15) is 5.75 Å². The van der Waals surface area contributed by atoms with Crippen LogP contribution in [0.4, 0.5) is 8.78 Å². The zero-order valence-corrected chi connectivity index (χ0v) is 14.2. The molecule has 3 heterocycles. The molecule has 1 aromatic carbocycles. The van der Waals surface area contributed by atoms with E-state index < -0.39 is 12.3 Å². The van der Waals surface area contributed by atoms with Crippen LogP contribution in [-0.4, -0.2) is 32.2 Å². The number of ether oxygens (including phenoxy) is 2. The minimum atomic E-state index is -2.92. The number of alkyl halides is 2. The Morgan fingerprint density at radius 3 is 2.59 bits per heavy atom. The number of halogens is 2. The normalized spacial score (nSPS) is 11.4. The number of rotatable bonds is 5. The number of hydrogen-bond donors (Lipinski definition) is 0. The molecule has 0 aliphatic heterocycles. The van der Waals surface area contributed by atoms with Crippen LogP contribution in [0.5, 0.6) is 11.6 Å². The summed E-state index contributed by atoms with van der Waals surface area (Å²) in [6, 6.07) is 9.23. The SMILES string of the molecule is CCOc1ccc2c(n1)n(-c1ccc(OC(F)F)cc1)c(=O)n1ccnc21. The largest absolute Gasteiger partial charge is 0.478 e. The van der Waals surface area contributed by atoms with Crippen LogP contribution in [0.1, 0.15) is 6.92 Å². The lowest BCUT2D eigenvalue weighted by Crippen LogP contribution is -2.26. The molecule has 138 valence electrons. The summed E-state index contributed by atoms with van der Waals surface area (Å²) in [5.41, 5.74) is 0.883. The molecule has 0 saturated heterocycles. The smallest absolute Gasteiger partial charge is 0.387 e. The lowest BCUT2D eigenvalue weighted by Gasteiger charge is -2.13. The summed E-state index contributed by atoms with van der Waals surface area (Å²) in [5.74, 6) is 0.365. The van der Waals surface area contributed by atoms with Crippen LogP contribution in [0.25, 0.3) is 22.4 Å². The first kappa shape index (κ1) is 17.0. The number of imidazole rings is 1. The van der Waals surface area contributed by atoms with Crippen LogP contribution in [0, 0.1) is 0 Å². The number of aromatic nitrogens is 4. The van der Waals surface area contributed by atoms with Gasteiger partial charge in [-0.05, 0) is 37.3 Å². The Morgan fingerprint density at radius 1 is 1.11 bits per heavy atom. The van der Waals surface area contributed by atoms with Crippen molar-refractivity contribution in [2.45, 2.75) is 13.5 Å². The molecule has 9 heteroatoms. The molecule has 0 aliphatic carbocycles. The number of pyridine rings is 1. The van der Waals surface area contributed by atoms with Gasteiger partial charge >= 0.3 is 12.3 Å². The van der Waals surface area contributed by atoms with E-state index in [-0.39, 0.29) is 5.75 Å². The zero-order chi connectivity index (χ0) is 19.0. The highest BCUT2D eigenvalue weighted by Crippen LogP contribution is 2.23. The molecule has 0 spiro atoms. The van der Waals surface area contributed by atoms with Gasteiger partial charge in [-0.3, -0.25) is 4.40 Å². The van der Waals surface area contributed by atoms with Crippen molar-refractivity contribution in [3.8, 4) is 17.3 Å². The third-order valence-electron chi connectivity index (χ3n) is 3.95. The van der Waals surface area contributed by atoms with Gasteiger partial charge in [0.2, 0.25) is 5.88 Å². The Hall–Kier alpha value is -3.49. The molecule has 4 rings (SSSR count). The van der Waals surface area contributed by atoms with Gasteiger partial charge in [-0.1, -0.05) is 0 Å². The third kappa shape index (κ3) is 2.97. The van der Waals surface area contributed by atoms with Crippen molar-refractivity contribution in [1.29, 1.82) is 0 Å². The van der Waals surface area contributed by atoms with Crippen molar-refractivity contribution in [3.05, 3.63) is 59.3 Å². The average molecular weight is 372 g/mol. The summed E-state index contributed by atoms with van der Waals surface area (Å²) in [6.45, 7) is -0.663. The number of nitrogens with zero attached hydrogens (tertiary/aromatic N) is 4. The predicted molar refractivity (Wildman–Crippen MR) is 93.9 cm³/mol. The summed E-state index contributed by atoms with van der Waals surface area (Å²) in [4.78, 5) is 21.7. The van der Waals surface area contributed by atoms with Crippen LogP contribution in [0.3, 0.4) is 0 Å². The summed E-state index contributed by atoms with van der Waals surface area (Å²) in [7, 11) is 0. The third-order valence-corrected chi connectivity index (χ3v) is 3.95. The Kier molecular flexibility index (Phi) is 4.19. The fourth-order valence-corrected chi connectivity index (χ4v) is 2.87. The lowest BCUT2D eigenvalue weighted by molar-refractivity contribution is -0.0498. The average Bonchev–Trinajstić information content (AvgIpc) is 3.13. The monoisotopic (exact) mass is 372 g/mol. The van der Waals surface area contributed by atoms with Crippen molar-refractivity contribution >= 4 is 16.7 Å². The molecule has 0 saturated carbocycles. The lowest BCUT2D eigenvalue weighted by atomic mass is 10.2. The molecular formula is C18H14F2N4O3. The molecule has 0 fully saturated rings. The van der Waals surface area contributed by atoms with Gasteiger partial charge in [-0.15, -0.1) is 0 Å². The minimum absolute atomic E-state index is 0.00206. The first-order valence-electron chi connectivity index (χ1n) is 8.15. The van der Waals surface area contributed by atoms with Crippen LogP contribution >= 0.6 is 0 Å². The van der Waals surface area contributed by atoms with E-state index >= 15 is 0 Å². The summed E-state index contributed by atoms with van der Waals surface area (Å²) in [5, 5.41) is 0.649. The predicted octanol–water partition coefficient (Wildman–Crippen LogP) is 3.03. The van der Waals surface area contributed by atoms with Crippen molar-refractivity contribution in [1.82, 2.24) is 18.9 Å². The summed E-state index contributed by atoms with van der Waals surface area (Å²) < 4.78 is 37.3. The highest BCUT2D eigenvalue weighted by atomic mass is 19.3. The second-order valence-electron chi connectivity index (χ2n) is 5.56. The Labute approximate surface area is 151 Å². The van der Waals surface area contributed by atoms with Gasteiger partial charge < -0.3 is 9.47 Å². The van der Waals surface area contributed by atoms with Gasteiger partial charge in [0.05, 0.1) is 17.7 Å². The van der Waals surface area contributed by atoms with Crippen molar-refractivity contribution in [2.24, 2.45) is 0 Å². The van der Waals surface area contributed by atoms with Crippen molar-refractivity contribution < 1.29 is 18.3 Å². The topological polar surface area (TPSA) is 70.7 Å². The highest BCUT2D eigenvalue weighted by molar-refractivity contribution is 5.90. The van der Waals surface area contributed by atoms with Crippen LogP contribution in [0.2, 0.25) is 0 Å². The molecule has 3 aromatic heterocycles. The maximum atomic E-state index is 13.0. The van der Waals surface area contributed by atoms with Gasteiger partial charge in [-0.25, -0.2) is 14.3 Å². The fraction of sp³-hybridized carbons (Fsp3) is 0.167. The van der Waals surface area contributed by atoms with Gasteiger partial charge in [-0.2, -0.15) is 13.8 Å². The van der Waals surface area contributed by atoms with Gasteiger partial charge in [0, 0.05) is 18.5 Å². The molecule has 0 aliphatic rings. The van der Waals surface area contributed by atoms with Gasteiger partial charge in [0.15, 0.2) is 11.3 Å². The Balaban J connectivity index is 1.97. The van der Waals surface area contributed by atoms with Gasteiger partial charge in [0.25, 0.3) is 0 Å². The zero-order valence-electron chi connectivity index (χ0n) is 14.2. The van der Waals surface area contributed by atoms with E-state index in [0.29, 0.717) is 34.9 Å². The fourth-order valence-electron chi connectivity index (χ4n) is 2.87. The maximum Gasteiger partial charge on any atom is 0.387 e. The van der Waals surface area contributed by atoms with E-state index in [2.05, 4.69) is 14.7 Å². The van der Waals surface area contributed by atoms with E-state index in [1.807, 2.05) is 6.92 Å². The Bertz CT molecular complexity index is 1170.